The number of aromatic nitrogens is 3. The molecule has 3 heterocycles. The van der Waals surface area contributed by atoms with Crippen LogP contribution in [0.1, 0.15) is 11.3 Å². The van der Waals surface area contributed by atoms with Gasteiger partial charge in [0.05, 0.1) is 5.69 Å². The molecule has 0 radical (unpaired) electrons. The normalized spacial score (nSPS) is 11.2. The first-order chi connectivity index (χ1) is 12.1. The van der Waals surface area contributed by atoms with Crippen molar-refractivity contribution in [1.29, 1.82) is 5.26 Å². The average Bonchev–Trinajstić information content (AvgIpc) is 3.07. The Morgan fingerprint density at radius 1 is 1.28 bits per heavy atom. The van der Waals surface area contributed by atoms with Gasteiger partial charge in [0.2, 0.25) is 0 Å². The molecule has 0 spiro atoms. The number of hydrogen-bond donors (Lipinski definition) is 1. The number of pyridine rings is 2. The van der Waals surface area contributed by atoms with Gasteiger partial charge in [0.1, 0.15) is 16.7 Å². The van der Waals surface area contributed by atoms with Gasteiger partial charge in [0, 0.05) is 36.9 Å². The van der Waals surface area contributed by atoms with Gasteiger partial charge < -0.3 is 5.32 Å². The molecule has 126 valence electrons. The van der Waals surface area contributed by atoms with Gasteiger partial charge >= 0.3 is 0 Å². The largest absolute Gasteiger partial charge is 0.316 e. The third kappa shape index (κ3) is 3.15. The van der Waals surface area contributed by atoms with Gasteiger partial charge in [-0.25, -0.2) is 17.4 Å². The Balaban J connectivity index is 2.25. The van der Waals surface area contributed by atoms with E-state index in [-0.39, 0.29) is 10.6 Å². The van der Waals surface area contributed by atoms with Crippen LogP contribution in [0.15, 0.2) is 60.0 Å². The Morgan fingerprint density at radius 3 is 2.76 bits per heavy atom. The highest BCUT2D eigenvalue weighted by Crippen LogP contribution is 2.28. The van der Waals surface area contributed by atoms with E-state index in [1.807, 2.05) is 6.07 Å². The van der Waals surface area contributed by atoms with Crippen LogP contribution < -0.4 is 5.32 Å². The molecule has 7 nitrogen and oxygen atoms in total. The van der Waals surface area contributed by atoms with E-state index in [4.69, 9.17) is 0 Å². The molecular weight excluding hydrogens is 338 g/mol. The van der Waals surface area contributed by atoms with Crippen LogP contribution in [0, 0.1) is 11.3 Å². The number of nitrogens with one attached hydrogen (secondary N) is 1. The maximum absolute atomic E-state index is 13.0. The monoisotopic (exact) mass is 353 g/mol. The Labute approximate surface area is 145 Å². The molecule has 0 atom stereocenters. The van der Waals surface area contributed by atoms with Crippen molar-refractivity contribution < 1.29 is 8.42 Å². The summed E-state index contributed by atoms with van der Waals surface area (Å²) in [6.45, 7) is 0.491. The molecule has 0 saturated heterocycles. The van der Waals surface area contributed by atoms with E-state index >= 15 is 0 Å². The zero-order valence-corrected chi connectivity index (χ0v) is 14.2. The molecule has 0 saturated carbocycles. The van der Waals surface area contributed by atoms with Gasteiger partial charge in [-0.05, 0) is 42.9 Å². The smallest absolute Gasteiger partial charge is 0.269 e. The van der Waals surface area contributed by atoms with Gasteiger partial charge in [0.15, 0.2) is 0 Å². The summed E-state index contributed by atoms with van der Waals surface area (Å²) in [7, 11) is -2.08. The Kier molecular flexibility index (Phi) is 4.61. The molecule has 8 heteroatoms. The molecule has 1 N–H and O–H groups in total. The summed E-state index contributed by atoms with van der Waals surface area (Å²) in [4.78, 5) is 7.99. The van der Waals surface area contributed by atoms with Crippen molar-refractivity contribution in [3.05, 3.63) is 66.4 Å². The molecular formula is C17H15N5O2S. The lowest BCUT2D eigenvalue weighted by atomic mass is 10.1. The second-order valence-electron chi connectivity index (χ2n) is 5.26. The molecule has 0 fully saturated rings. The van der Waals surface area contributed by atoms with E-state index in [0.29, 0.717) is 17.8 Å². The van der Waals surface area contributed by atoms with Crippen LogP contribution in [0.25, 0.3) is 11.3 Å². The quantitative estimate of drug-likeness (QED) is 0.750. The van der Waals surface area contributed by atoms with E-state index in [0.717, 1.165) is 5.56 Å². The summed E-state index contributed by atoms with van der Waals surface area (Å²) in [5, 5.41) is 12.3. The molecule has 0 bridgehead atoms. The van der Waals surface area contributed by atoms with Crippen LogP contribution in [-0.4, -0.2) is 29.4 Å². The summed E-state index contributed by atoms with van der Waals surface area (Å²) in [6, 6.07) is 10.1. The van der Waals surface area contributed by atoms with Crippen LogP contribution in [0.5, 0.6) is 0 Å². The summed E-state index contributed by atoms with van der Waals surface area (Å²) in [6.07, 6.45) is 5.85. The van der Waals surface area contributed by atoms with Gasteiger partial charge in [-0.15, -0.1) is 0 Å². The second-order valence-corrected chi connectivity index (χ2v) is 7.08. The zero-order chi connectivity index (χ0) is 17.9. The molecule has 3 rings (SSSR count). The molecule has 0 aliphatic heterocycles. The lowest BCUT2D eigenvalue weighted by Gasteiger charge is -2.10. The number of nitriles is 1. The second kappa shape index (κ2) is 6.84. The highest BCUT2D eigenvalue weighted by molar-refractivity contribution is 7.90. The molecule has 0 aliphatic rings. The number of rotatable bonds is 5. The molecule has 0 aromatic carbocycles. The predicted octanol–water partition coefficient (Wildman–Crippen LogP) is 1.77. The van der Waals surface area contributed by atoms with E-state index in [1.165, 1.54) is 28.6 Å². The fourth-order valence-corrected chi connectivity index (χ4v) is 3.86. The molecule has 0 aliphatic carbocycles. The minimum absolute atomic E-state index is 0.0743. The molecule has 0 unspecified atom stereocenters. The Bertz CT molecular complexity index is 1040. The first-order valence-corrected chi connectivity index (χ1v) is 8.89. The number of hydrogen-bond acceptors (Lipinski definition) is 6. The zero-order valence-electron chi connectivity index (χ0n) is 13.4. The molecule has 3 aromatic heterocycles. The van der Waals surface area contributed by atoms with Crippen molar-refractivity contribution in [3.8, 4) is 17.3 Å². The standard InChI is InChI=1S/C17H15N5O2S/c1-19-10-13-8-17(15-5-3-7-21-16(15)9-18)22(12-13)25(23,24)14-4-2-6-20-11-14/h2-8,11-12,19H,10H2,1H3. The number of nitrogens with zero attached hydrogens (tertiary/aromatic N) is 4. The lowest BCUT2D eigenvalue weighted by Crippen LogP contribution is -2.14. The fraction of sp³-hybridized carbons (Fsp3) is 0.118. The fourth-order valence-electron chi connectivity index (χ4n) is 2.51. The minimum atomic E-state index is -3.85. The minimum Gasteiger partial charge on any atom is -0.316 e. The SMILES string of the molecule is CNCc1cc(-c2cccnc2C#N)n(S(=O)(=O)c2cccnc2)c1. The Hall–Kier alpha value is -3.02. The first kappa shape index (κ1) is 16.8. The van der Waals surface area contributed by atoms with Crippen molar-refractivity contribution in [1.82, 2.24) is 19.3 Å². The molecule has 0 amide bonds. The Morgan fingerprint density at radius 2 is 2.08 bits per heavy atom. The van der Waals surface area contributed by atoms with Crippen molar-refractivity contribution in [2.24, 2.45) is 0 Å². The predicted molar refractivity (Wildman–Crippen MR) is 92.0 cm³/mol. The first-order valence-electron chi connectivity index (χ1n) is 7.45. The van der Waals surface area contributed by atoms with E-state index < -0.39 is 10.0 Å². The van der Waals surface area contributed by atoms with Crippen LogP contribution in [0.3, 0.4) is 0 Å². The van der Waals surface area contributed by atoms with E-state index in [9.17, 15) is 13.7 Å². The van der Waals surface area contributed by atoms with Gasteiger partial charge in [-0.2, -0.15) is 5.26 Å². The lowest BCUT2D eigenvalue weighted by molar-refractivity contribution is 0.587. The van der Waals surface area contributed by atoms with Gasteiger partial charge in [0.25, 0.3) is 10.0 Å². The van der Waals surface area contributed by atoms with Crippen LogP contribution in [-0.2, 0) is 16.6 Å². The van der Waals surface area contributed by atoms with Gasteiger partial charge in [-0.3, -0.25) is 4.98 Å². The van der Waals surface area contributed by atoms with Crippen LogP contribution in [0.2, 0.25) is 0 Å². The van der Waals surface area contributed by atoms with E-state index in [1.54, 1.807) is 37.5 Å². The van der Waals surface area contributed by atoms with Gasteiger partial charge in [-0.1, -0.05) is 0 Å². The average molecular weight is 353 g/mol. The van der Waals surface area contributed by atoms with Crippen LogP contribution in [0.4, 0.5) is 0 Å². The van der Waals surface area contributed by atoms with Crippen molar-refractivity contribution in [2.75, 3.05) is 7.05 Å². The third-order valence-electron chi connectivity index (χ3n) is 3.60. The summed E-state index contributed by atoms with van der Waals surface area (Å²) < 4.78 is 27.3. The highest BCUT2D eigenvalue weighted by atomic mass is 32.2. The maximum atomic E-state index is 13.0. The highest BCUT2D eigenvalue weighted by Gasteiger charge is 2.23. The third-order valence-corrected chi connectivity index (χ3v) is 5.26. The van der Waals surface area contributed by atoms with Crippen molar-refractivity contribution in [3.63, 3.8) is 0 Å². The molecule has 3 aromatic rings. The van der Waals surface area contributed by atoms with Crippen molar-refractivity contribution in [2.45, 2.75) is 11.4 Å². The summed E-state index contributed by atoms with van der Waals surface area (Å²) >= 11 is 0. The summed E-state index contributed by atoms with van der Waals surface area (Å²) in [5.41, 5.74) is 1.79. The van der Waals surface area contributed by atoms with Crippen molar-refractivity contribution >= 4 is 10.0 Å². The van der Waals surface area contributed by atoms with E-state index in [2.05, 4.69) is 15.3 Å². The molecule has 25 heavy (non-hydrogen) atoms. The maximum Gasteiger partial charge on any atom is 0.269 e. The van der Waals surface area contributed by atoms with Crippen LogP contribution >= 0.6 is 0 Å². The summed E-state index contributed by atoms with van der Waals surface area (Å²) in [5.74, 6) is 0. The topological polar surface area (TPSA) is 101 Å².